The number of hydrogen-bond donors (Lipinski definition) is 1. The summed E-state index contributed by atoms with van der Waals surface area (Å²) in [6.45, 7) is 0.817. The number of carbonyl (C=O) groups is 3. The van der Waals surface area contributed by atoms with E-state index in [0.29, 0.717) is 17.7 Å². The molecule has 0 aliphatic carbocycles. The second-order valence-electron chi connectivity index (χ2n) is 8.77. The molecule has 0 radical (unpaired) electrons. The third-order valence-corrected chi connectivity index (χ3v) is 6.89. The van der Waals surface area contributed by atoms with Crippen molar-refractivity contribution in [3.05, 3.63) is 68.7 Å². The zero-order valence-electron chi connectivity index (χ0n) is 19.9. The first-order valence-corrected chi connectivity index (χ1v) is 11.8. The molecular weight excluding hydrogens is 563 g/mol. The molecule has 0 unspecified atom stereocenters. The Bertz CT molecular complexity index is 1220. The van der Waals surface area contributed by atoms with Crippen LogP contribution in [0.4, 0.5) is 26.3 Å². The molecule has 14 heteroatoms. The minimum atomic E-state index is -5.13. The first kappa shape index (κ1) is 29.6. The lowest BCUT2D eigenvalue weighted by Gasteiger charge is -2.30. The van der Waals surface area contributed by atoms with E-state index in [4.69, 9.17) is 23.2 Å². The predicted molar refractivity (Wildman–Crippen MR) is 127 cm³/mol. The standard InChI is InChI=1S/C24H21Cl2F6N3O3/c1-12(36)33-9-21(37)35-10-17(13-3-4-18(25)19(26)7-13)20(11-35)34(2)22(38)14-5-15(23(27,28)29)8-16(6-14)24(30,31)32/h3-8,17,20H,9-11H2,1-2H3,(H,33,36)/t17-,20-/m1/s1. The predicted octanol–water partition coefficient (Wildman–Crippen LogP) is 5.23. The number of rotatable bonds is 5. The minimum absolute atomic E-state index is 0.0368. The lowest BCUT2D eigenvalue weighted by atomic mass is 9.93. The molecule has 206 valence electrons. The molecule has 6 nitrogen and oxygen atoms in total. The fourth-order valence-corrected chi connectivity index (χ4v) is 4.50. The van der Waals surface area contributed by atoms with Crippen molar-refractivity contribution in [1.29, 1.82) is 0 Å². The van der Waals surface area contributed by atoms with Crippen LogP contribution in [0.15, 0.2) is 36.4 Å². The summed E-state index contributed by atoms with van der Waals surface area (Å²) in [5, 5.41) is 2.77. The van der Waals surface area contributed by atoms with E-state index in [1.165, 1.54) is 31.0 Å². The van der Waals surface area contributed by atoms with Gasteiger partial charge in [-0.15, -0.1) is 0 Å². The first-order valence-electron chi connectivity index (χ1n) is 11.0. The maximum atomic E-state index is 13.3. The number of carbonyl (C=O) groups excluding carboxylic acids is 3. The number of nitrogens with one attached hydrogen (secondary N) is 1. The number of halogens is 8. The van der Waals surface area contributed by atoms with Crippen LogP contribution in [0.5, 0.6) is 0 Å². The molecule has 38 heavy (non-hydrogen) atoms. The molecule has 1 aliphatic rings. The molecule has 1 heterocycles. The fraction of sp³-hybridized carbons (Fsp3) is 0.375. The second kappa shape index (κ2) is 11.0. The number of amides is 3. The van der Waals surface area contributed by atoms with Gasteiger partial charge in [-0.05, 0) is 35.9 Å². The third kappa shape index (κ3) is 6.71. The van der Waals surface area contributed by atoms with Crippen molar-refractivity contribution in [2.45, 2.75) is 31.2 Å². The SMILES string of the molecule is CC(=O)NCC(=O)N1C[C@H](c2ccc(Cl)c(Cl)c2)[C@H](N(C)C(=O)c2cc(C(F)(F)F)cc(C(F)(F)F)c2)C1. The fourth-order valence-electron chi connectivity index (χ4n) is 4.20. The van der Waals surface area contributed by atoms with E-state index in [9.17, 15) is 40.7 Å². The van der Waals surface area contributed by atoms with Crippen LogP contribution >= 0.6 is 23.2 Å². The molecule has 2 atom stereocenters. The average Bonchev–Trinajstić information content (AvgIpc) is 3.27. The third-order valence-electron chi connectivity index (χ3n) is 6.15. The normalized spacial score (nSPS) is 17.9. The smallest absolute Gasteiger partial charge is 0.347 e. The largest absolute Gasteiger partial charge is 0.416 e. The van der Waals surface area contributed by atoms with E-state index >= 15 is 0 Å². The Labute approximate surface area is 223 Å². The van der Waals surface area contributed by atoms with Gasteiger partial charge in [-0.3, -0.25) is 14.4 Å². The number of hydrogen-bond acceptors (Lipinski definition) is 3. The molecule has 1 saturated heterocycles. The lowest BCUT2D eigenvalue weighted by Crippen LogP contribution is -2.43. The van der Waals surface area contributed by atoms with E-state index in [-0.39, 0.29) is 35.7 Å². The highest BCUT2D eigenvalue weighted by molar-refractivity contribution is 6.42. The minimum Gasteiger partial charge on any atom is -0.347 e. The molecular formula is C24H21Cl2F6N3O3. The summed E-state index contributed by atoms with van der Waals surface area (Å²) in [6, 6.07) is 4.39. The van der Waals surface area contributed by atoms with Gasteiger partial charge in [0, 0.05) is 38.5 Å². The Morgan fingerprint density at radius 2 is 1.53 bits per heavy atom. The molecule has 2 aromatic rings. The van der Waals surface area contributed by atoms with Gasteiger partial charge in [0.25, 0.3) is 5.91 Å². The molecule has 0 aromatic heterocycles. The van der Waals surface area contributed by atoms with Crippen LogP contribution in [0.25, 0.3) is 0 Å². The topological polar surface area (TPSA) is 69.7 Å². The Hall–Kier alpha value is -2.99. The lowest BCUT2D eigenvalue weighted by molar-refractivity contribution is -0.143. The van der Waals surface area contributed by atoms with Crippen LogP contribution < -0.4 is 5.32 Å². The summed E-state index contributed by atoms with van der Waals surface area (Å²) < 4.78 is 80.0. The van der Waals surface area contributed by atoms with Crippen molar-refractivity contribution in [3.8, 4) is 0 Å². The first-order chi connectivity index (χ1) is 17.5. The van der Waals surface area contributed by atoms with Crippen LogP contribution in [0.1, 0.15) is 39.9 Å². The van der Waals surface area contributed by atoms with E-state index in [2.05, 4.69) is 5.32 Å². The molecule has 3 amide bonds. The molecule has 0 spiro atoms. The Morgan fingerprint density at radius 3 is 2.03 bits per heavy atom. The average molecular weight is 584 g/mol. The molecule has 3 rings (SSSR count). The van der Waals surface area contributed by atoms with Crippen molar-refractivity contribution in [1.82, 2.24) is 15.1 Å². The summed E-state index contributed by atoms with van der Waals surface area (Å²) in [5.74, 6) is -2.67. The summed E-state index contributed by atoms with van der Waals surface area (Å²) >= 11 is 12.1. The number of benzene rings is 2. The highest BCUT2D eigenvalue weighted by Gasteiger charge is 2.42. The summed E-state index contributed by atoms with van der Waals surface area (Å²) in [4.78, 5) is 39.5. The van der Waals surface area contributed by atoms with Gasteiger partial charge in [0.2, 0.25) is 11.8 Å². The van der Waals surface area contributed by atoms with Gasteiger partial charge >= 0.3 is 12.4 Å². The molecule has 1 N–H and O–H groups in total. The van der Waals surface area contributed by atoms with Crippen LogP contribution in [-0.2, 0) is 21.9 Å². The zero-order chi connectivity index (χ0) is 28.6. The Morgan fingerprint density at radius 1 is 0.947 bits per heavy atom. The quantitative estimate of drug-likeness (QED) is 0.490. The van der Waals surface area contributed by atoms with E-state index in [1.807, 2.05) is 0 Å². The van der Waals surface area contributed by atoms with Crippen LogP contribution in [0.2, 0.25) is 10.0 Å². The van der Waals surface area contributed by atoms with Crippen molar-refractivity contribution in [3.63, 3.8) is 0 Å². The number of likely N-dealkylation sites (N-methyl/N-ethyl adjacent to an activating group) is 1. The molecule has 2 aromatic carbocycles. The van der Waals surface area contributed by atoms with E-state index < -0.39 is 58.7 Å². The molecule has 0 bridgehead atoms. The summed E-state index contributed by atoms with van der Waals surface area (Å²) in [6.07, 6.45) is -10.3. The highest BCUT2D eigenvalue weighted by atomic mass is 35.5. The van der Waals surface area contributed by atoms with Crippen molar-refractivity contribution in [2.75, 3.05) is 26.7 Å². The van der Waals surface area contributed by atoms with Gasteiger partial charge in [0.15, 0.2) is 0 Å². The van der Waals surface area contributed by atoms with Gasteiger partial charge in [0.1, 0.15) is 0 Å². The van der Waals surface area contributed by atoms with Crippen molar-refractivity contribution >= 4 is 40.9 Å². The summed E-state index contributed by atoms with van der Waals surface area (Å²) in [7, 11) is 1.23. The van der Waals surface area contributed by atoms with Crippen LogP contribution in [-0.4, -0.2) is 60.2 Å². The maximum Gasteiger partial charge on any atom is 0.416 e. The number of alkyl halides is 6. The van der Waals surface area contributed by atoms with Crippen molar-refractivity contribution < 1.29 is 40.7 Å². The van der Waals surface area contributed by atoms with Gasteiger partial charge in [-0.2, -0.15) is 26.3 Å². The van der Waals surface area contributed by atoms with E-state index in [0.717, 1.165) is 4.90 Å². The molecule has 0 saturated carbocycles. The maximum absolute atomic E-state index is 13.3. The number of nitrogens with zero attached hydrogens (tertiary/aromatic N) is 2. The van der Waals surface area contributed by atoms with Gasteiger partial charge < -0.3 is 15.1 Å². The Kier molecular flexibility index (Phi) is 8.57. The van der Waals surface area contributed by atoms with Gasteiger partial charge in [-0.25, -0.2) is 0 Å². The van der Waals surface area contributed by atoms with Gasteiger partial charge in [-0.1, -0.05) is 29.3 Å². The van der Waals surface area contributed by atoms with Crippen molar-refractivity contribution in [2.24, 2.45) is 0 Å². The molecule has 1 fully saturated rings. The number of likely N-dealkylation sites (tertiary alicyclic amines) is 1. The summed E-state index contributed by atoms with van der Waals surface area (Å²) in [5.41, 5.74) is -3.52. The van der Waals surface area contributed by atoms with Gasteiger partial charge in [0.05, 0.1) is 33.8 Å². The highest BCUT2D eigenvalue weighted by Crippen LogP contribution is 2.38. The monoisotopic (exact) mass is 583 g/mol. The second-order valence-corrected chi connectivity index (χ2v) is 9.58. The van der Waals surface area contributed by atoms with Crippen LogP contribution in [0, 0.1) is 0 Å². The van der Waals surface area contributed by atoms with E-state index in [1.54, 1.807) is 6.07 Å². The molecule has 1 aliphatic heterocycles. The zero-order valence-corrected chi connectivity index (χ0v) is 21.4. The van der Waals surface area contributed by atoms with Crippen LogP contribution in [0.3, 0.4) is 0 Å². The Balaban J connectivity index is 2.00.